The molecule has 0 aromatic heterocycles. The van der Waals surface area contributed by atoms with Crippen molar-refractivity contribution in [2.45, 2.75) is 56.3 Å². The van der Waals surface area contributed by atoms with Crippen molar-refractivity contribution in [2.24, 2.45) is 0 Å². The van der Waals surface area contributed by atoms with E-state index in [2.05, 4.69) is 30.5 Å². The zero-order chi connectivity index (χ0) is 20.8. The van der Waals surface area contributed by atoms with Gasteiger partial charge in [-0.05, 0) is 68.1 Å². The number of anilines is 2. The average Bonchev–Trinajstić information content (AvgIpc) is 3.25. The lowest BCUT2D eigenvalue weighted by Gasteiger charge is -2.13. The highest BCUT2D eigenvalue weighted by molar-refractivity contribution is 7.99. The predicted octanol–water partition coefficient (Wildman–Crippen LogP) is 5.26. The summed E-state index contributed by atoms with van der Waals surface area (Å²) in [4.78, 5) is 26.1. The maximum atomic E-state index is 12.7. The van der Waals surface area contributed by atoms with Gasteiger partial charge in [0.2, 0.25) is 0 Å². The highest BCUT2D eigenvalue weighted by atomic mass is 32.2. The maximum Gasteiger partial charge on any atom is 0.255 e. The third-order valence-corrected chi connectivity index (χ3v) is 6.23. The Morgan fingerprint density at radius 1 is 1.21 bits per heavy atom. The minimum absolute atomic E-state index is 0.162. The number of thioether (sulfide) groups is 1. The van der Waals surface area contributed by atoms with E-state index in [1.807, 2.05) is 30.8 Å². The number of carbonyl (C=O) groups excluding carboxylic acids is 2. The molecule has 0 bridgehead atoms. The second-order valence-electron chi connectivity index (χ2n) is 7.34. The third kappa shape index (κ3) is 5.84. The lowest BCUT2D eigenvalue weighted by atomic mass is 10.1. The molecule has 2 amide bonds. The van der Waals surface area contributed by atoms with Crippen molar-refractivity contribution < 1.29 is 14.3 Å². The van der Waals surface area contributed by atoms with Crippen LogP contribution in [0.1, 0.15) is 49.0 Å². The summed E-state index contributed by atoms with van der Waals surface area (Å²) in [6.45, 7) is 7.00. The van der Waals surface area contributed by atoms with Crippen LogP contribution in [0.25, 0.3) is 0 Å². The Hall–Kier alpha value is -2.31. The van der Waals surface area contributed by atoms with Crippen LogP contribution in [0.4, 0.5) is 11.4 Å². The number of amides is 2. The Balaban J connectivity index is 1.65. The highest BCUT2D eigenvalue weighted by Gasteiger charge is 2.23. The van der Waals surface area contributed by atoms with Gasteiger partial charge in [-0.3, -0.25) is 9.59 Å². The van der Waals surface area contributed by atoms with E-state index in [1.165, 1.54) is 4.90 Å². The number of nitrogens with one attached hydrogen (secondary N) is 2. The molecule has 2 aromatic rings. The number of hydrogen-bond acceptors (Lipinski definition) is 4. The number of ether oxygens (including phenoxy) is 1. The van der Waals surface area contributed by atoms with Crippen LogP contribution in [-0.2, 0) is 9.53 Å². The quantitative estimate of drug-likeness (QED) is 0.609. The second-order valence-corrected chi connectivity index (χ2v) is 8.85. The SMILES string of the molecule is CCC(C)Sc1ccc(NC(=O)c2cccc(NC(=O)C3CCCO3)c2)c(C)c1. The first-order valence-electron chi connectivity index (χ1n) is 10.1. The van der Waals surface area contributed by atoms with Crippen molar-refractivity contribution >= 4 is 35.0 Å². The molecule has 3 rings (SSSR count). The monoisotopic (exact) mass is 412 g/mol. The van der Waals surface area contributed by atoms with Gasteiger partial charge < -0.3 is 15.4 Å². The molecule has 0 saturated carbocycles. The third-order valence-electron chi connectivity index (χ3n) is 4.97. The van der Waals surface area contributed by atoms with Gasteiger partial charge in [0.1, 0.15) is 6.10 Å². The van der Waals surface area contributed by atoms with Gasteiger partial charge in [0.25, 0.3) is 11.8 Å². The van der Waals surface area contributed by atoms with E-state index in [9.17, 15) is 9.59 Å². The number of rotatable bonds is 7. The smallest absolute Gasteiger partial charge is 0.255 e. The van der Waals surface area contributed by atoms with E-state index in [4.69, 9.17) is 4.74 Å². The molecular formula is C23H28N2O3S. The van der Waals surface area contributed by atoms with Gasteiger partial charge in [-0.25, -0.2) is 0 Å². The van der Waals surface area contributed by atoms with Crippen molar-refractivity contribution in [3.05, 3.63) is 53.6 Å². The highest BCUT2D eigenvalue weighted by Crippen LogP contribution is 2.28. The summed E-state index contributed by atoms with van der Waals surface area (Å²) < 4.78 is 5.40. The summed E-state index contributed by atoms with van der Waals surface area (Å²) >= 11 is 1.84. The fourth-order valence-electron chi connectivity index (χ4n) is 3.11. The van der Waals surface area contributed by atoms with Crippen LogP contribution in [0.3, 0.4) is 0 Å². The van der Waals surface area contributed by atoms with Gasteiger partial charge >= 0.3 is 0 Å². The Morgan fingerprint density at radius 3 is 2.72 bits per heavy atom. The molecule has 1 fully saturated rings. The lowest BCUT2D eigenvalue weighted by molar-refractivity contribution is -0.124. The summed E-state index contributed by atoms with van der Waals surface area (Å²) in [5.74, 6) is -0.367. The number of hydrogen-bond donors (Lipinski definition) is 2. The van der Waals surface area contributed by atoms with E-state index in [-0.39, 0.29) is 11.8 Å². The molecule has 1 aliphatic rings. The first-order valence-corrected chi connectivity index (χ1v) is 11.0. The molecule has 2 aromatic carbocycles. The van der Waals surface area contributed by atoms with Crippen LogP contribution in [0.15, 0.2) is 47.4 Å². The van der Waals surface area contributed by atoms with Crippen molar-refractivity contribution in [3.8, 4) is 0 Å². The molecule has 2 N–H and O–H groups in total. The first-order chi connectivity index (χ1) is 14.0. The molecule has 5 nitrogen and oxygen atoms in total. The van der Waals surface area contributed by atoms with E-state index in [0.717, 1.165) is 30.5 Å². The minimum atomic E-state index is -0.401. The lowest BCUT2D eigenvalue weighted by Crippen LogP contribution is -2.27. The Labute approximate surface area is 176 Å². The molecule has 2 atom stereocenters. The molecule has 1 heterocycles. The zero-order valence-electron chi connectivity index (χ0n) is 17.2. The van der Waals surface area contributed by atoms with Gasteiger partial charge in [-0.2, -0.15) is 0 Å². The van der Waals surface area contributed by atoms with E-state index in [1.54, 1.807) is 24.3 Å². The maximum absolute atomic E-state index is 12.7. The summed E-state index contributed by atoms with van der Waals surface area (Å²) in [7, 11) is 0. The van der Waals surface area contributed by atoms with Crippen molar-refractivity contribution in [3.63, 3.8) is 0 Å². The van der Waals surface area contributed by atoms with Gasteiger partial charge in [-0.15, -0.1) is 11.8 Å². The fraction of sp³-hybridized carbons (Fsp3) is 0.391. The topological polar surface area (TPSA) is 67.4 Å². The Bertz CT molecular complexity index is 878. The molecular weight excluding hydrogens is 384 g/mol. The summed E-state index contributed by atoms with van der Waals surface area (Å²) in [5, 5.41) is 6.37. The van der Waals surface area contributed by atoms with E-state index < -0.39 is 6.10 Å². The van der Waals surface area contributed by atoms with Crippen molar-refractivity contribution in [2.75, 3.05) is 17.2 Å². The minimum Gasteiger partial charge on any atom is -0.368 e. The fourth-order valence-corrected chi connectivity index (χ4v) is 4.13. The van der Waals surface area contributed by atoms with Crippen LogP contribution in [0.5, 0.6) is 0 Å². The summed E-state index contributed by atoms with van der Waals surface area (Å²) in [6.07, 6.45) is 2.34. The Kier molecular flexibility index (Phi) is 7.34. The molecule has 1 saturated heterocycles. The standard InChI is InChI=1S/C23H28N2O3S/c1-4-16(3)29-19-10-11-20(15(2)13-19)25-22(26)17-7-5-8-18(14-17)24-23(27)21-9-6-12-28-21/h5,7-8,10-11,13-14,16,21H,4,6,9,12H2,1-3H3,(H,24,27)(H,25,26). The molecule has 1 aliphatic heterocycles. The van der Waals surface area contributed by atoms with Crippen LogP contribution in [0, 0.1) is 6.92 Å². The van der Waals surface area contributed by atoms with Gasteiger partial charge in [-0.1, -0.05) is 19.9 Å². The Morgan fingerprint density at radius 2 is 2.03 bits per heavy atom. The molecule has 2 unspecified atom stereocenters. The van der Waals surface area contributed by atoms with E-state index in [0.29, 0.717) is 23.1 Å². The van der Waals surface area contributed by atoms with Crippen LogP contribution >= 0.6 is 11.8 Å². The summed E-state index contributed by atoms with van der Waals surface area (Å²) in [6, 6.07) is 13.0. The number of carbonyl (C=O) groups is 2. The van der Waals surface area contributed by atoms with Gasteiger partial charge in [0.05, 0.1) is 0 Å². The number of benzene rings is 2. The van der Waals surface area contributed by atoms with Crippen molar-refractivity contribution in [1.82, 2.24) is 0 Å². The van der Waals surface area contributed by atoms with E-state index >= 15 is 0 Å². The summed E-state index contributed by atoms with van der Waals surface area (Å²) in [5.41, 5.74) is 2.90. The largest absolute Gasteiger partial charge is 0.368 e. The predicted molar refractivity (Wildman–Crippen MR) is 119 cm³/mol. The van der Waals surface area contributed by atoms with Crippen molar-refractivity contribution in [1.29, 1.82) is 0 Å². The molecule has 0 spiro atoms. The van der Waals surface area contributed by atoms with Crippen LogP contribution < -0.4 is 10.6 Å². The molecule has 0 radical (unpaired) electrons. The molecule has 0 aliphatic carbocycles. The molecule has 29 heavy (non-hydrogen) atoms. The van der Waals surface area contributed by atoms with Crippen LogP contribution in [0.2, 0.25) is 0 Å². The van der Waals surface area contributed by atoms with Gasteiger partial charge in [0, 0.05) is 33.7 Å². The first kappa shape index (κ1) is 21.4. The average molecular weight is 413 g/mol. The van der Waals surface area contributed by atoms with Gasteiger partial charge in [0.15, 0.2) is 0 Å². The second kappa shape index (κ2) is 9.94. The zero-order valence-corrected chi connectivity index (χ0v) is 18.0. The normalized spacial score (nSPS) is 17.0. The number of aryl methyl sites for hydroxylation is 1. The molecule has 154 valence electrons. The molecule has 6 heteroatoms. The van der Waals surface area contributed by atoms with Crippen LogP contribution in [-0.4, -0.2) is 29.8 Å².